The topological polar surface area (TPSA) is 231 Å². The van der Waals surface area contributed by atoms with Gasteiger partial charge in [0, 0.05) is 80.2 Å². The number of nitriles is 1. The number of pyridine rings is 2. The second kappa shape index (κ2) is 29.6. The molecule has 0 aliphatic carbocycles. The molecule has 12 rings (SSSR count). The number of hydrogen-bond acceptors (Lipinski definition) is 18. The molecule has 488 valence electrons. The van der Waals surface area contributed by atoms with E-state index in [0.29, 0.717) is 37.6 Å². The molecular formula is C70H85N21O3. The lowest BCUT2D eigenvalue weighted by Gasteiger charge is -2.14. The standard InChI is InChI=1S/C24H27N7O.2C23H29N7O/c1-16-20(17(2)30(5)28-16)10-11-32-22-12-18(13-25)6-8-21(22)19-7-9-23-26-27-24(15-29(3)4)31(23)14-19;1-15-7-8-19(20-13-30-22(12-24-20)25-26-23(30)14-28(4)5)21(11-15)31-10-9-18-16(2)27-29(6)17(18)3;1-16-24-25-17(2)29(16)12-6-7-18-8-10-20(31-5)13-21(18)19-9-11-22-26-27-23(15-28(3)4)30(22)14-19/h6-9,12,14H,10-11,15H2,1-5H3;7-8,11-13H,9-10,14H2,1-6H3;8-11,13-14H,6-7,12,15H2,1-5H3. The van der Waals surface area contributed by atoms with Gasteiger partial charge in [0.1, 0.15) is 28.9 Å². The molecule has 12 aromatic rings. The van der Waals surface area contributed by atoms with Crippen molar-refractivity contribution in [3.63, 3.8) is 0 Å². The lowest BCUT2D eigenvalue weighted by atomic mass is 9.97. The van der Waals surface area contributed by atoms with Gasteiger partial charge in [0.15, 0.2) is 34.4 Å². The third kappa shape index (κ3) is 15.5. The van der Waals surface area contributed by atoms with Gasteiger partial charge in [-0.25, -0.2) is 0 Å². The number of benzene rings is 3. The minimum absolute atomic E-state index is 0.496. The average molecular weight is 1270 g/mol. The number of aromatic nitrogens is 17. The molecule has 24 heteroatoms. The smallest absolute Gasteiger partial charge is 0.179 e. The van der Waals surface area contributed by atoms with E-state index in [0.717, 1.165) is 147 Å². The average Bonchev–Trinajstić information content (AvgIpc) is 1.49. The lowest BCUT2D eigenvalue weighted by molar-refractivity contribution is 0.322. The zero-order valence-electron chi connectivity index (χ0n) is 57.0. The highest BCUT2D eigenvalue weighted by atomic mass is 16.5. The largest absolute Gasteiger partial charge is 0.497 e. The summed E-state index contributed by atoms with van der Waals surface area (Å²) in [6.45, 7) is 18.4. The molecule has 0 atom stereocenters. The summed E-state index contributed by atoms with van der Waals surface area (Å²) in [5.74, 6) is 6.94. The van der Waals surface area contributed by atoms with Crippen LogP contribution in [-0.4, -0.2) is 160 Å². The van der Waals surface area contributed by atoms with Crippen LogP contribution in [0.1, 0.15) is 86.1 Å². The van der Waals surface area contributed by atoms with Crippen LogP contribution in [0.15, 0.2) is 104 Å². The van der Waals surface area contributed by atoms with Crippen molar-refractivity contribution in [3.05, 3.63) is 183 Å². The molecule has 9 heterocycles. The first-order chi connectivity index (χ1) is 45.2. The van der Waals surface area contributed by atoms with Crippen molar-refractivity contribution in [3.8, 4) is 56.8 Å². The van der Waals surface area contributed by atoms with E-state index in [9.17, 15) is 5.26 Å². The third-order valence-corrected chi connectivity index (χ3v) is 16.6. The number of rotatable bonds is 22. The molecule has 0 fully saturated rings. The van der Waals surface area contributed by atoms with Crippen LogP contribution in [0.5, 0.6) is 17.2 Å². The zero-order chi connectivity index (χ0) is 66.9. The van der Waals surface area contributed by atoms with Crippen LogP contribution in [0, 0.1) is 59.8 Å². The SMILES string of the molecule is COc1ccc(CCCn2c(C)nnc2C)c(-c2ccc3nnc(CN(C)C)n3c2)c1.Cc1ccc(-c2cn3c(CN(C)C)nnc3cn2)c(OCCc2c(C)nn(C)c2C)c1.Cc1nn(C)c(C)c1CCOc1cc(C#N)ccc1-c1ccc2nnc(CN(C)C)n2c1. The minimum atomic E-state index is 0.496. The van der Waals surface area contributed by atoms with Crippen LogP contribution in [0.25, 0.3) is 50.5 Å². The van der Waals surface area contributed by atoms with E-state index < -0.39 is 0 Å². The van der Waals surface area contributed by atoms with Gasteiger partial charge in [-0.2, -0.15) is 15.5 Å². The number of hydrogen-bond donors (Lipinski definition) is 0. The Morgan fingerprint density at radius 2 is 1.02 bits per heavy atom. The van der Waals surface area contributed by atoms with Gasteiger partial charge in [-0.1, -0.05) is 12.1 Å². The number of ether oxygens (including phenoxy) is 3. The molecule has 0 bridgehead atoms. The molecule has 0 amide bonds. The summed E-state index contributed by atoms with van der Waals surface area (Å²) < 4.78 is 30.0. The number of nitrogens with zero attached hydrogens (tertiary/aromatic N) is 21. The highest BCUT2D eigenvalue weighted by Gasteiger charge is 2.19. The molecule has 0 N–H and O–H groups in total. The van der Waals surface area contributed by atoms with Crippen LogP contribution in [0.4, 0.5) is 0 Å². The van der Waals surface area contributed by atoms with Crippen molar-refractivity contribution in [1.82, 2.24) is 97.8 Å². The van der Waals surface area contributed by atoms with Crippen LogP contribution >= 0.6 is 0 Å². The van der Waals surface area contributed by atoms with E-state index in [1.807, 2.05) is 151 Å². The molecule has 9 aromatic heterocycles. The summed E-state index contributed by atoms with van der Waals surface area (Å²) in [5.41, 5.74) is 18.2. The summed E-state index contributed by atoms with van der Waals surface area (Å²) in [7, 11) is 17.7. The van der Waals surface area contributed by atoms with E-state index in [1.165, 1.54) is 27.9 Å². The summed E-state index contributed by atoms with van der Waals surface area (Å²) in [5, 5.41) is 52.5. The van der Waals surface area contributed by atoms with Crippen molar-refractivity contribution in [2.24, 2.45) is 14.1 Å². The Morgan fingerprint density at radius 1 is 0.511 bits per heavy atom. The molecule has 0 unspecified atom stereocenters. The van der Waals surface area contributed by atoms with Gasteiger partial charge in [0.2, 0.25) is 0 Å². The van der Waals surface area contributed by atoms with Crippen LogP contribution in [0.2, 0.25) is 0 Å². The molecule has 0 saturated heterocycles. The van der Waals surface area contributed by atoms with Gasteiger partial charge < -0.3 is 33.5 Å². The molecule has 0 radical (unpaired) electrons. The van der Waals surface area contributed by atoms with Crippen molar-refractivity contribution in [1.29, 1.82) is 5.26 Å². The summed E-state index contributed by atoms with van der Waals surface area (Å²) in [6, 6.07) is 28.4. The number of methoxy groups -OCH3 is 1. The van der Waals surface area contributed by atoms with Crippen molar-refractivity contribution < 1.29 is 14.2 Å². The Hall–Kier alpha value is -10.2. The predicted octanol–water partition coefficient (Wildman–Crippen LogP) is 9.74. The van der Waals surface area contributed by atoms with Crippen molar-refractivity contribution in [2.45, 2.75) is 100 Å². The molecule has 0 aliphatic heterocycles. The third-order valence-electron chi connectivity index (χ3n) is 16.6. The van der Waals surface area contributed by atoms with Crippen molar-refractivity contribution >= 4 is 16.9 Å². The van der Waals surface area contributed by atoms with Gasteiger partial charge in [-0.3, -0.25) is 27.5 Å². The monoisotopic (exact) mass is 1270 g/mol. The van der Waals surface area contributed by atoms with Gasteiger partial charge in [-0.05, 0) is 204 Å². The molecule has 24 nitrogen and oxygen atoms in total. The first-order valence-corrected chi connectivity index (χ1v) is 31.4. The highest BCUT2D eigenvalue weighted by Crippen LogP contribution is 2.34. The molecule has 0 saturated carbocycles. The Labute approximate surface area is 549 Å². The van der Waals surface area contributed by atoms with Gasteiger partial charge in [0.05, 0.1) is 74.9 Å². The fraction of sp³-hybridized carbons (Fsp3) is 0.371. The van der Waals surface area contributed by atoms with Gasteiger partial charge >= 0.3 is 0 Å². The Bertz CT molecular complexity index is 4630. The van der Waals surface area contributed by atoms with E-state index in [2.05, 4.69) is 149 Å². The first kappa shape index (κ1) is 66.7. The van der Waals surface area contributed by atoms with E-state index in [-0.39, 0.29) is 0 Å². The first-order valence-electron chi connectivity index (χ1n) is 31.4. The van der Waals surface area contributed by atoms with Gasteiger partial charge in [-0.15, -0.1) is 40.8 Å². The van der Waals surface area contributed by atoms with Crippen LogP contribution in [-0.2, 0) is 59.5 Å². The predicted molar refractivity (Wildman–Crippen MR) is 363 cm³/mol. The van der Waals surface area contributed by atoms with Crippen LogP contribution < -0.4 is 14.2 Å². The summed E-state index contributed by atoms with van der Waals surface area (Å²) in [4.78, 5) is 10.8. The highest BCUT2D eigenvalue weighted by molar-refractivity contribution is 5.73. The summed E-state index contributed by atoms with van der Waals surface area (Å²) in [6.07, 6.45) is 11.4. The number of fused-ring (bicyclic) bond motifs is 3. The summed E-state index contributed by atoms with van der Waals surface area (Å²) >= 11 is 0. The second-order valence-corrected chi connectivity index (χ2v) is 24.5. The lowest BCUT2D eigenvalue weighted by Crippen LogP contribution is -2.13. The second-order valence-electron chi connectivity index (χ2n) is 24.5. The Kier molecular flexibility index (Phi) is 21.0. The Morgan fingerprint density at radius 3 is 1.53 bits per heavy atom. The number of aryl methyl sites for hydroxylation is 8. The maximum absolute atomic E-state index is 9.39. The molecule has 0 aliphatic rings. The fourth-order valence-corrected chi connectivity index (χ4v) is 11.6. The normalized spacial score (nSPS) is 11.5. The quantitative estimate of drug-likeness (QED) is 0.0614. The molecule has 0 spiro atoms. The van der Waals surface area contributed by atoms with E-state index >= 15 is 0 Å². The molecule has 94 heavy (non-hydrogen) atoms. The maximum Gasteiger partial charge on any atom is 0.179 e. The minimum Gasteiger partial charge on any atom is -0.497 e. The maximum atomic E-state index is 9.39. The van der Waals surface area contributed by atoms with Crippen molar-refractivity contribution in [2.75, 3.05) is 62.6 Å². The van der Waals surface area contributed by atoms with Crippen LogP contribution in [0.3, 0.4) is 0 Å². The van der Waals surface area contributed by atoms with E-state index in [1.54, 1.807) is 19.4 Å². The fourth-order valence-electron chi connectivity index (χ4n) is 11.6. The Balaban J connectivity index is 0.000000154. The molecular weight excluding hydrogens is 1180 g/mol. The van der Waals surface area contributed by atoms with Gasteiger partial charge in [0.25, 0.3) is 0 Å². The van der Waals surface area contributed by atoms with E-state index in [4.69, 9.17) is 14.2 Å². The zero-order valence-corrected chi connectivity index (χ0v) is 57.0. The molecule has 3 aromatic carbocycles.